The molecular formula is C20H14I3NO. The summed E-state index contributed by atoms with van der Waals surface area (Å²) < 4.78 is 1.99. The van der Waals surface area contributed by atoms with Gasteiger partial charge < -0.3 is 0 Å². The molecule has 3 aromatic rings. The van der Waals surface area contributed by atoms with Crippen LogP contribution >= 0.6 is 37.2 Å². The molecule has 0 atom stereocenters. The minimum Gasteiger partial charge on any atom is -0.281 e. The second-order valence-electron chi connectivity index (χ2n) is 5.29. The number of ketones is 1. The van der Waals surface area contributed by atoms with Gasteiger partial charge in [-0.15, -0.1) is 0 Å². The molecule has 2 nitrogen and oxygen atoms in total. The molecule has 0 aliphatic carbocycles. The van der Waals surface area contributed by atoms with E-state index in [9.17, 15) is 4.79 Å². The predicted octanol–water partition coefficient (Wildman–Crippen LogP) is 2.36. The number of aromatic nitrogens is 1. The summed E-state index contributed by atoms with van der Waals surface area (Å²) in [6, 6.07) is 25.7. The monoisotopic (exact) mass is 665 g/mol. The third kappa shape index (κ3) is 4.13. The van der Waals surface area contributed by atoms with Gasteiger partial charge in [-0.2, -0.15) is 4.57 Å². The fourth-order valence-corrected chi connectivity index (χ4v) is 2.93. The van der Waals surface area contributed by atoms with Crippen LogP contribution in [-0.4, -0.2) is 5.78 Å². The van der Waals surface area contributed by atoms with Crippen LogP contribution < -0.4 is 17.8 Å². The molecule has 0 amide bonds. The van der Waals surface area contributed by atoms with Gasteiger partial charge in [0.2, 0.25) is 5.70 Å². The van der Waals surface area contributed by atoms with Crippen molar-refractivity contribution in [1.82, 2.24) is 0 Å². The van der Waals surface area contributed by atoms with E-state index in [1.54, 1.807) is 0 Å². The van der Waals surface area contributed by atoms with Crippen molar-refractivity contribution in [2.24, 2.45) is 0 Å². The largest absolute Gasteiger partial charge is 0.281 e. The number of nitrogens with zero attached hydrogens (tertiary/aromatic N) is 1. The van der Waals surface area contributed by atoms with Gasteiger partial charge in [-0.1, -0.05) is 48.5 Å². The van der Waals surface area contributed by atoms with Crippen LogP contribution in [0.25, 0.3) is 11.3 Å². The normalized spacial score (nSPS) is 12.6. The van der Waals surface area contributed by atoms with E-state index in [-0.39, 0.29) is 5.78 Å². The minimum atomic E-state index is 0.0747. The van der Waals surface area contributed by atoms with E-state index < -0.39 is 0 Å². The molecule has 1 aliphatic heterocycles. The Hall–Kier alpha value is -0.810. The number of hydrogen-bond donors (Lipinski definition) is 0. The predicted molar refractivity (Wildman–Crippen MR) is 114 cm³/mol. The van der Waals surface area contributed by atoms with E-state index in [1.807, 2.05) is 89.6 Å². The van der Waals surface area contributed by atoms with Gasteiger partial charge in [0.25, 0.3) is 11.5 Å². The quantitative estimate of drug-likeness (QED) is 0.305. The summed E-state index contributed by atoms with van der Waals surface area (Å²) in [5.74, 6) is 0.0747. The number of rotatable bonds is 2. The first-order chi connectivity index (χ1) is 12.3. The Labute approximate surface area is 177 Å². The van der Waals surface area contributed by atoms with Crippen molar-refractivity contribution in [3.63, 3.8) is 0 Å². The fourth-order valence-electron chi connectivity index (χ4n) is 2.93. The van der Waals surface area contributed by atoms with E-state index in [4.69, 9.17) is 0 Å². The molecule has 5 heteroatoms. The topological polar surface area (TPSA) is 20.9 Å². The standard InChI is InChI=1S/C20H14NO.I3/c22-20-17-13-7-8-14-21(17)19(16-11-5-2-6-12-16)18(20)15-9-3-1-4-10-15;1-3-2/h1-14H;/q+1;-1. The Morgan fingerprint density at radius 3 is 1.84 bits per heavy atom. The zero-order chi connectivity index (χ0) is 17.6. The number of fused-ring (bicyclic) bond motifs is 1. The van der Waals surface area contributed by atoms with Gasteiger partial charge in [-0.3, -0.25) is 4.79 Å². The summed E-state index contributed by atoms with van der Waals surface area (Å²) in [7, 11) is 0. The number of halogens is 3. The molecule has 0 radical (unpaired) electrons. The summed E-state index contributed by atoms with van der Waals surface area (Å²) in [5, 5.41) is 0. The Kier molecular flexibility index (Phi) is 7.00. The molecule has 126 valence electrons. The molecule has 4 rings (SSSR count). The Morgan fingerprint density at radius 2 is 1.24 bits per heavy atom. The van der Waals surface area contributed by atoms with Crippen LogP contribution in [0.1, 0.15) is 21.6 Å². The molecule has 0 unspecified atom stereocenters. The Balaban J connectivity index is 0.000000569. The number of benzene rings is 2. The average molecular weight is 665 g/mol. The number of carbonyl (C=O) groups excluding carboxylic acids is 1. The summed E-state index contributed by atoms with van der Waals surface area (Å²) in [6.45, 7) is 0. The maximum absolute atomic E-state index is 12.9. The molecule has 0 N–H and O–H groups in total. The van der Waals surface area contributed by atoms with Crippen molar-refractivity contribution < 1.29 is 22.6 Å². The first-order valence-corrected chi connectivity index (χ1v) is 20.1. The van der Waals surface area contributed by atoms with Gasteiger partial charge in [0.05, 0.1) is 0 Å². The minimum absolute atomic E-state index is 0.0747. The molecule has 2 heterocycles. The summed E-state index contributed by atoms with van der Waals surface area (Å²) in [5.41, 5.74) is 4.42. The Bertz CT molecular complexity index is 908. The molecule has 0 saturated heterocycles. The smallest absolute Gasteiger partial charge is 0.264 e. The van der Waals surface area contributed by atoms with Gasteiger partial charge >= 0.3 is 50.5 Å². The number of hydrogen-bond acceptors (Lipinski definition) is 1. The molecule has 1 aliphatic rings. The van der Waals surface area contributed by atoms with E-state index in [0.717, 1.165) is 22.4 Å². The number of pyridine rings is 1. The van der Waals surface area contributed by atoms with Gasteiger partial charge in [0.15, 0.2) is 6.20 Å². The zero-order valence-corrected chi connectivity index (χ0v) is 19.5. The van der Waals surface area contributed by atoms with E-state index in [0.29, 0.717) is 18.9 Å². The van der Waals surface area contributed by atoms with Gasteiger partial charge in [0.1, 0.15) is 5.57 Å². The zero-order valence-electron chi connectivity index (χ0n) is 13.1. The number of allylic oxidation sites excluding steroid dienone is 1. The molecule has 1 aromatic heterocycles. The summed E-state index contributed by atoms with van der Waals surface area (Å²) in [4.78, 5) is 12.9. The van der Waals surface area contributed by atoms with Crippen molar-refractivity contribution in [2.45, 2.75) is 0 Å². The molecule has 0 fully saturated rings. The second kappa shape index (κ2) is 9.22. The van der Waals surface area contributed by atoms with E-state index in [2.05, 4.69) is 37.2 Å². The molecule has 25 heavy (non-hydrogen) atoms. The van der Waals surface area contributed by atoms with Crippen molar-refractivity contribution in [2.75, 3.05) is 0 Å². The van der Waals surface area contributed by atoms with Crippen molar-refractivity contribution in [3.05, 3.63) is 102 Å². The third-order valence-corrected chi connectivity index (χ3v) is 3.91. The summed E-state index contributed by atoms with van der Waals surface area (Å²) in [6.07, 6.45) is 1.95. The maximum Gasteiger partial charge on any atom is 0.264 e. The van der Waals surface area contributed by atoms with Crippen LogP contribution in [0.4, 0.5) is 0 Å². The van der Waals surface area contributed by atoms with Gasteiger partial charge in [0, 0.05) is 17.7 Å². The molecule has 0 saturated carbocycles. The van der Waals surface area contributed by atoms with Crippen LogP contribution in [0.3, 0.4) is 0 Å². The van der Waals surface area contributed by atoms with Crippen LogP contribution in [-0.2, 0) is 0 Å². The van der Waals surface area contributed by atoms with E-state index >= 15 is 0 Å². The van der Waals surface area contributed by atoms with Gasteiger partial charge in [-0.05, 0) is 23.8 Å². The maximum atomic E-state index is 12.9. The first-order valence-electron chi connectivity index (χ1n) is 7.56. The Morgan fingerprint density at radius 1 is 0.720 bits per heavy atom. The van der Waals surface area contributed by atoms with Crippen LogP contribution in [0.15, 0.2) is 85.1 Å². The van der Waals surface area contributed by atoms with Crippen molar-refractivity contribution >= 4 is 54.3 Å². The van der Waals surface area contributed by atoms with E-state index in [1.165, 1.54) is 0 Å². The second-order valence-corrected chi connectivity index (χ2v) is 21.5. The SMILES string of the molecule is I[I-]I.O=C1C(c2ccccc2)=C(c2ccccc2)[n+]2ccccc21. The van der Waals surface area contributed by atoms with Gasteiger partial charge in [-0.25, -0.2) is 0 Å². The van der Waals surface area contributed by atoms with Crippen LogP contribution in [0, 0.1) is 0 Å². The number of Topliss-reactive ketones (excluding diaryl/α,β-unsaturated/α-hetero) is 1. The first kappa shape index (κ1) is 19.0. The average Bonchev–Trinajstić information content (AvgIpc) is 2.97. The van der Waals surface area contributed by atoms with Crippen LogP contribution in [0.5, 0.6) is 0 Å². The molecule has 0 bridgehead atoms. The van der Waals surface area contributed by atoms with Crippen molar-refractivity contribution in [3.8, 4) is 0 Å². The number of carbonyl (C=O) groups is 1. The summed E-state index contributed by atoms with van der Waals surface area (Å²) >= 11 is 5.30. The third-order valence-electron chi connectivity index (χ3n) is 3.91. The van der Waals surface area contributed by atoms with Crippen molar-refractivity contribution in [1.29, 1.82) is 0 Å². The molecule has 0 spiro atoms. The van der Waals surface area contributed by atoms with Crippen LogP contribution in [0.2, 0.25) is 0 Å². The molecule has 2 aromatic carbocycles. The molecular weight excluding hydrogens is 651 g/mol. The fraction of sp³-hybridized carbons (Fsp3) is 0.